The van der Waals surface area contributed by atoms with Crippen molar-refractivity contribution in [1.29, 1.82) is 0 Å². The zero-order valence-corrected chi connectivity index (χ0v) is 11.2. The van der Waals surface area contributed by atoms with Gasteiger partial charge in [-0.3, -0.25) is 4.98 Å². The Morgan fingerprint density at radius 1 is 1.16 bits per heavy atom. The molecule has 98 valence electrons. The van der Waals surface area contributed by atoms with Gasteiger partial charge in [-0.15, -0.1) is 0 Å². The van der Waals surface area contributed by atoms with Gasteiger partial charge in [-0.25, -0.2) is 4.99 Å². The van der Waals surface area contributed by atoms with Crippen LogP contribution in [0, 0.1) is 13.8 Å². The quantitative estimate of drug-likeness (QED) is 0.653. The summed E-state index contributed by atoms with van der Waals surface area (Å²) in [5.41, 5.74) is 10.2. The first-order valence-corrected chi connectivity index (χ1v) is 6.17. The van der Waals surface area contributed by atoms with Gasteiger partial charge in [0.2, 0.25) is 0 Å². The lowest BCUT2D eigenvalue weighted by Crippen LogP contribution is -2.22. The summed E-state index contributed by atoms with van der Waals surface area (Å²) >= 11 is 0. The standard InChI is InChI=1S/C15H18N4/c1-11-3-5-14(6-4-11)19-15(16)18-10-13-7-12(2)8-17-9-13/h3-9H,10H2,1-2H3,(H3,16,18,19). The van der Waals surface area contributed by atoms with Crippen molar-refractivity contribution in [2.24, 2.45) is 10.7 Å². The normalized spacial score (nSPS) is 11.4. The van der Waals surface area contributed by atoms with Crippen molar-refractivity contribution in [1.82, 2.24) is 4.98 Å². The predicted molar refractivity (Wildman–Crippen MR) is 79.1 cm³/mol. The van der Waals surface area contributed by atoms with E-state index in [1.165, 1.54) is 5.56 Å². The molecule has 0 saturated carbocycles. The SMILES string of the molecule is Cc1ccc(NC(N)=NCc2cncc(C)c2)cc1. The van der Waals surface area contributed by atoms with Crippen LogP contribution in [0.5, 0.6) is 0 Å². The van der Waals surface area contributed by atoms with Crippen LogP contribution in [0.3, 0.4) is 0 Å². The summed E-state index contributed by atoms with van der Waals surface area (Å²) in [6.45, 7) is 4.58. The van der Waals surface area contributed by atoms with Gasteiger partial charge in [0.05, 0.1) is 6.54 Å². The molecular formula is C15H18N4. The first-order valence-electron chi connectivity index (χ1n) is 6.17. The van der Waals surface area contributed by atoms with Crippen LogP contribution in [0.25, 0.3) is 0 Å². The van der Waals surface area contributed by atoms with Crippen molar-refractivity contribution in [3.8, 4) is 0 Å². The molecule has 0 radical (unpaired) electrons. The second kappa shape index (κ2) is 6.00. The topological polar surface area (TPSA) is 63.3 Å². The van der Waals surface area contributed by atoms with E-state index in [9.17, 15) is 0 Å². The van der Waals surface area contributed by atoms with Crippen LogP contribution >= 0.6 is 0 Å². The Morgan fingerprint density at radius 2 is 1.89 bits per heavy atom. The molecule has 4 heteroatoms. The first kappa shape index (κ1) is 13.1. The number of benzene rings is 1. The Balaban J connectivity index is 1.97. The van der Waals surface area contributed by atoms with Gasteiger partial charge >= 0.3 is 0 Å². The zero-order chi connectivity index (χ0) is 13.7. The Hall–Kier alpha value is -2.36. The minimum absolute atomic E-state index is 0.408. The maximum atomic E-state index is 5.85. The highest BCUT2D eigenvalue weighted by molar-refractivity contribution is 5.92. The fraction of sp³-hybridized carbons (Fsp3) is 0.200. The Labute approximate surface area is 113 Å². The lowest BCUT2D eigenvalue weighted by Gasteiger charge is -2.06. The van der Waals surface area contributed by atoms with Crippen molar-refractivity contribution >= 4 is 11.6 Å². The van der Waals surface area contributed by atoms with Crippen LogP contribution < -0.4 is 11.1 Å². The van der Waals surface area contributed by atoms with Crippen LogP contribution in [0.1, 0.15) is 16.7 Å². The number of hydrogen-bond donors (Lipinski definition) is 2. The van der Waals surface area contributed by atoms with Crippen LogP contribution in [0.15, 0.2) is 47.7 Å². The molecule has 1 aromatic heterocycles. The summed E-state index contributed by atoms with van der Waals surface area (Å²) in [6.07, 6.45) is 3.62. The number of guanidine groups is 1. The van der Waals surface area contributed by atoms with E-state index in [4.69, 9.17) is 5.73 Å². The van der Waals surface area contributed by atoms with Gasteiger partial charge in [0, 0.05) is 18.1 Å². The smallest absolute Gasteiger partial charge is 0.193 e. The third-order valence-corrected chi connectivity index (χ3v) is 2.69. The predicted octanol–water partition coefficient (Wildman–Crippen LogP) is 2.63. The summed E-state index contributed by atoms with van der Waals surface area (Å²) in [7, 11) is 0. The molecule has 0 fully saturated rings. The van der Waals surface area contributed by atoms with Crippen LogP contribution in [0.2, 0.25) is 0 Å². The Bertz CT molecular complexity index is 573. The lowest BCUT2D eigenvalue weighted by molar-refractivity contribution is 1.03. The van der Waals surface area contributed by atoms with E-state index < -0.39 is 0 Å². The average Bonchev–Trinajstić information content (AvgIpc) is 2.39. The fourth-order valence-corrected chi connectivity index (χ4v) is 1.70. The van der Waals surface area contributed by atoms with Gasteiger partial charge in [0.25, 0.3) is 0 Å². The summed E-state index contributed by atoms with van der Waals surface area (Å²) in [6, 6.07) is 10.1. The molecular weight excluding hydrogens is 236 g/mol. The molecule has 0 aliphatic carbocycles. The number of hydrogen-bond acceptors (Lipinski definition) is 2. The van der Waals surface area contributed by atoms with Crippen LogP contribution in [0.4, 0.5) is 5.69 Å². The highest BCUT2D eigenvalue weighted by atomic mass is 15.1. The van der Waals surface area contributed by atoms with Gasteiger partial charge < -0.3 is 11.1 Å². The first-order chi connectivity index (χ1) is 9.13. The fourth-order valence-electron chi connectivity index (χ4n) is 1.70. The molecule has 1 aromatic carbocycles. The number of rotatable bonds is 3. The monoisotopic (exact) mass is 254 g/mol. The number of pyridine rings is 1. The minimum Gasteiger partial charge on any atom is -0.370 e. The van der Waals surface area contributed by atoms with E-state index in [1.54, 1.807) is 6.20 Å². The van der Waals surface area contributed by atoms with Crippen molar-refractivity contribution in [2.45, 2.75) is 20.4 Å². The van der Waals surface area contributed by atoms with E-state index in [2.05, 4.69) is 21.4 Å². The van der Waals surface area contributed by atoms with E-state index in [1.807, 2.05) is 44.3 Å². The molecule has 0 amide bonds. The highest BCUT2D eigenvalue weighted by Crippen LogP contribution is 2.08. The Morgan fingerprint density at radius 3 is 2.58 bits per heavy atom. The van der Waals surface area contributed by atoms with E-state index in [0.29, 0.717) is 12.5 Å². The number of aromatic nitrogens is 1. The largest absolute Gasteiger partial charge is 0.370 e. The molecule has 4 nitrogen and oxygen atoms in total. The van der Waals surface area contributed by atoms with Gasteiger partial charge in [0.15, 0.2) is 5.96 Å². The third-order valence-electron chi connectivity index (χ3n) is 2.69. The molecule has 2 aromatic rings. The number of anilines is 1. The number of nitrogens with one attached hydrogen (secondary N) is 1. The zero-order valence-electron chi connectivity index (χ0n) is 11.2. The van der Waals surface area contributed by atoms with Crippen molar-refractivity contribution < 1.29 is 0 Å². The van der Waals surface area contributed by atoms with Gasteiger partial charge in [-0.2, -0.15) is 0 Å². The van der Waals surface area contributed by atoms with E-state index >= 15 is 0 Å². The molecule has 0 unspecified atom stereocenters. The van der Waals surface area contributed by atoms with Gasteiger partial charge in [-0.1, -0.05) is 23.8 Å². The number of nitrogens with zero attached hydrogens (tertiary/aromatic N) is 2. The number of aliphatic imine (C=N–C) groups is 1. The molecule has 3 N–H and O–H groups in total. The second-order valence-corrected chi connectivity index (χ2v) is 4.56. The molecule has 0 saturated heterocycles. The maximum Gasteiger partial charge on any atom is 0.193 e. The van der Waals surface area contributed by atoms with E-state index in [-0.39, 0.29) is 0 Å². The summed E-state index contributed by atoms with van der Waals surface area (Å²) in [5, 5.41) is 3.06. The molecule has 19 heavy (non-hydrogen) atoms. The maximum absolute atomic E-state index is 5.85. The third kappa shape index (κ3) is 4.10. The van der Waals surface area contributed by atoms with Crippen molar-refractivity contribution in [2.75, 3.05) is 5.32 Å². The van der Waals surface area contributed by atoms with E-state index in [0.717, 1.165) is 16.8 Å². The number of aryl methyl sites for hydroxylation is 2. The molecule has 0 aliphatic rings. The molecule has 1 heterocycles. The van der Waals surface area contributed by atoms with Crippen LogP contribution in [-0.2, 0) is 6.54 Å². The Kier molecular flexibility index (Phi) is 4.13. The molecule has 0 spiro atoms. The average molecular weight is 254 g/mol. The van der Waals surface area contributed by atoms with Gasteiger partial charge in [-0.05, 0) is 37.1 Å². The highest BCUT2D eigenvalue weighted by Gasteiger charge is 1.96. The van der Waals surface area contributed by atoms with Gasteiger partial charge in [0.1, 0.15) is 0 Å². The molecule has 0 atom stereocenters. The van der Waals surface area contributed by atoms with Crippen molar-refractivity contribution in [3.63, 3.8) is 0 Å². The summed E-state index contributed by atoms with van der Waals surface area (Å²) < 4.78 is 0. The minimum atomic E-state index is 0.408. The molecule has 2 rings (SSSR count). The molecule has 0 bridgehead atoms. The summed E-state index contributed by atoms with van der Waals surface area (Å²) in [5.74, 6) is 0.408. The van der Waals surface area contributed by atoms with Crippen molar-refractivity contribution in [3.05, 3.63) is 59.4 Å². The second-order valence-electron chi connectivity index (χ2n) is 4.56. The van der Waals surface area contributed by atoms with Crippen LogP contribution in [-0.4, -0.2) is 10.9 Å². The molecule has 0 aliphatic heterocycles. The number of nitrogens with two attached hydrogens (primary N) is 1. The lowest BCUT2D eigenvalue weighted by atomic mass is 10.2. The summed E-state index contributed by atoms with van der Waals surface area (Å²) in [4.78, 5) is 8.42.